The fourth-order valence-electron chi connectivity index (χ4n) is 10.7. The normalized spacial score (nSPS) is 12.4. The SMILES string of the molecule is CC/C=C\C/C=C\C/C=C\C/C=C\C/C=C\CCCCCCCCCCCCCC(=O)OCC(COC(=O)CCCCCCCCCCCCCCCC)OC(=O)CCCCCCCCCCCCCCCCCCCCCCCC. The largest absolute Gasteiger partial charge is 0.462 e. The molecule has 0 fully saturated rings. The van der Waals surface area contributed by atoms with E-state index in [-0.39, 0.29) is 31.1 Å². The van der Waals surface area contributed by atoms with Crippen LogP contribution in [0.2, 0.25) is 0 Å². The molecule has 0 bridgehead atoms. The molecule has 0 aromatic heterocycles. The zero-order valence-electron chi connectivity index (χ0n) is 54.3. The minimum atomic E-state index is -0.773. The van der Waals surface area contributed by atoms with Crippen LogP contribution in [-0.4, -0.2) is 37.2 Å². The van der Waals surface area contributed by atoms with E-state index >= 15 is 0 Å². The first-order chi connectivity index (χ1) is 40.0. The van der Waals surface area contributed by atoms with Crippen molar-refractivity contribution in [3.8, 4) is 0 Å². The lowest BCUT2D eigenvalue weighted by molar-refractivity contribution is -0.167. The summed E-state index contributed by atoms with van der Waals surface area (Å²) in [4.78, 5) is 38.5. The van der Waals surface area contributed by atoms with Crippen LogP contribution in [0.3, 0.4) is 0 Å². The summed E-state index contributed by atoms with van der Waals surface area (Å²) in [6, 6.07) is 0. The van der Waals surface area contributed by atoms with Crippen molar-refractivity contribution in [2.45, 2.75) is 386 Å². The van der Waals surface area contributed by atoms with Gasteiger partial charge in [0.25, 0.3) is 0 Å². The minimum Gasteiger partial charge on any atom is -0.462 e. The molecule has 0 aliphatic carbocycles. The molecule has 81 heavy (non-hydrogen) atoms. The Labute approximate surface area is 504 Å². The number of unbranched alkanes of at least 4 members (excludes halogenated alkanes) is 45. The van der Waals surface area contributed by atoms with Gasteiger partial charge in [0.2, 0.25) is 0 Å². The Morgan fingerprint density at radius 2 is 0.481 bits per heavy atom. The lowest BCUT2D eigenvalue weighted by atomic mass is 10.0. The van der Waals surface area contributed by atoms with E-state index in [2.05, 4.69) is 81.5 Å². The van der Waals surface area contributed by atoms with Gasteiger partial charge in [-0.15, -0.1) is 0 Å². The highest BCUT2D eigenvalue weighted by Crippen LogP contribution is 2.19. The first-order valence-corrected chi connectivity index (χ1v) is 35.8. The Morgan fingerprint density at radius 3 is 0.753 bits per heavy atom. The van der Waals surface area contributed by atoms with Gasteiger partial charge in [-0.1, -0.05) is 358 Å². The van der Waals surface area contributed by atoms with Gasteiger partial charge < -0.3 is 14.2 Å². The van der Waals surface area contributed by atoms with Gasteiger partial charge in [0.1, 0.15) is 13.2 Å². The molecule has 0 N–H and O–H groups in total. The van der Waals surface area contributed by atoms with Crippen molar-refractivity contribution in [1.82, 2.24) is 0 Å². The van der Waals surface area contributed by atoms with Gasteiger partial charge in [0.15, 0.2) is 6.10 Å². The van der Waals surface area contributed by atoms with E-state index in [1.54, 1.807) is 0 Å². The summed E-state index contributed by atoms with van der Waals surface area (Å²) in [5.41, 5.74) is 0. The number of allylic oxidation sites excluding steroid dienone is 10. The van der Waals surface area contributed by atoms with Gasteiger partial charge in [-0.3, -0.25) is 14.4 Å². The number of carbonyl (C=O) groups is 3. The predicted molar refractivity (Wildman–Crippen MR) is 353 cm³/mol. The van der Waals surface area contributed by atoms with Crippen LogP contribution < -0.4 is 0 Å². The van der Waals surface area contributed by atoms with Crippen LogP contribution in [0.4, 0.5) is 0 Å². The average molecular weight is 1130 g/mol. The molecule has 1 unspecified atom stereocenters. The first-order valence-electron chi connectivity index (χ1n) is 35.8. The van der Waals surface area contributed by atoms with Crippen molar-refractivity contribution < 1.29 is 28.6 Å². The van der Waals surface area contributed by atoms with Crippen LogP contribution in [0.5, 0.6) is 0 Å². The molecule has 0 saturated carbocycles. The summed E-state index contributed by atoms with van der Waals surface area (Å²) >= 11 is 0. The summed E-state index contributed by atoms with van der Waals surface area (Å²) in [5.74, 6) is -0.843. The Bertz CT molecular complexity index is 1440. The summed E-state index contributed by atoms with van der Waals surface area (Å²) < 4.78 is 17.0. The summed E-state index contributed by atoms with van der Waals surface area (Å²) in [5, 5.41) is 0. The Morgan fingerprint density at radius 1 is 0.259 bits per heavy atom. The van der Waals surface area contributed by atoms with Crippen LogP contribution in [0.15, 0.2) is 60.8 Å². The van der Waals surface area contributed by atoms with Gasteiger partial charge in [-0.2, -0.15) is 0 Å². The average Bonchev–Trinajstić information content (AvgIpc) is 3.47. The van der Waals surface area contributed by atoms with E-state index < -0.39 is 6.10 Å². The Balaban J connectivity index is 4.26. The fourth-order valence-corrected chi connectivity index (χ4v) is 10.7. The molecule has 0 aromatic carbocycles. The zero-order chi connectivity index (χ0) is 58.5. The third-order valence-corrected chi connectivity index (χ3v) is 16.0. The maximum absolute atomic E-state index is 13.0. The number of carbonyl (C=O) groups excluding carboxylic acids is 3. The summed E-state index contributed by atoms with van der Waals surface area (Å²) in [7, 11) is 0. The van der Waals surface area contributed by atoms with E-state index in [9.17, 15) is 14.4 Å². The van der Waals surface area contributed by atoms with Crippen LogP contribution >= 0.6 is 0 Å². The highest BCUT2D eigenvalue weighted by Gasteiger charge is 2.19. The number of rotatable bonds is 66. The van der Waals surface area contributed by atoms with Gasteiger partial charge in [-0.25, -0.2) is 0 Å². The lowest BCUT2D eigenvalue weighted by Crippen LogP contribution is -2.30. The summed E-state index contributed by atoms with van der Waals surface area (Å²) in [6.45, 7) is 6.60. The van der Waals surface area contributed by atoms with Gasteiger partial charge in [-0.05, 0) is 64.2 Å². The molecule has 6 heteroatoms. The molecule has 0 spiro atoms. The smallest absolute Gasteiger partial charge is 0.306 e. The number of hydrogen-bond acceptors (Lipinski definition) is 6. The zero-order valence-corrected chi connectivity index (χ0v) is 54.3. The highest BCUT2D eigenvalue weighted by atomic mass is 16.6. The van der Waals surface area contributed by atoms with Crippen molar-refractivity contribution in [3.63, 3.8) is 0 Å². The molecular weight excluding hydrogens is 997 g/mol. The molecule has 0 aliphatic heterocycles. The van der Waals surface area contributed by atoms with E-state index in [1.165, 1.54) is 250 Å². The molecule has 0 amide bonds. The predicted octanol–water partition coefficient (Wildman–Crippen LogP) is 24.7. The van der Waals surface area contributed by atoms with Crippen molar-refractivity contribution in [3.05, 3.63) is 60.8 Å². The number of esters is 3. The molecule has 0 rings (SSSR count). The molecule has 0 saturated heterocycles. The van der Waals surface area contributed by atoms with Gasteiger partial charge in [0.05, 0.1) is 0 Å². The van der Waals surface area contributed by atoms with Crippen LogP contribution in [0.25, 0.3) is 0 Å². The van der Waals surface area contributed by atoms with E-state index in [1.807, 2.05) is 0 Å². The minimum absolute atomic E-state index is 0.0685. The molecule has 472 valence electrons. The standard InChI is InChI=1S/C75H136O6/c1-4-7-10-13-16-19-22-25-28-30-32-34-36-37-38-39-40-42-43-45-47-50-53-56-59-62-65-68-74(77)80-71-72(70-79-73(76)67-64-61-58-55-52-49-27-24-21-18-15-12-9-6-3)81-75(78)69-66-63-60-57-54-51-48-46-44-41-35-33-31-29-26-23-20-17-14-11-8-5-2/h7,10,16,19,25,28,32,34,37-38,72H,4-6,8-9,11-15,17-18,20-24,26-27,29-31,33,35-36,39-71H2,1-3H3/b10-7-,19-16-,28-25-,34-32-,38-37-. The van der Waals surface area contributed by atoms with Crippen molar-refractivity contribution in [2.24, 2.45) is 0 Å². The van der Waals surface area contributed by atoms with Crippen LogP contribution in [0, 0.1) is 0 Å². The monoisotopic (exact) mass is 1130 g/mol. The fraction of sp³-hybridized carbons (Fsp3) is 0.827. The van der Waals surface area contributed by atoms with E-state index in [4.69, 9.17) is 14.2 Å². The molecule has 0 aromatic rings. The van der Waals surface area contributed by atoms with E-state index in [0.29, 0.717) is 19.3 Å². The van der Waals surface area contributed by atoms with Gasteiger partial charge >= 0.3 is 17.9 Å². The summed E-state index contributed by atoms with van der Waals surface area (Å²) in [6.07, 6.45) is 89.6. The van der Waals surface area contributed by atoms with Crippen LogP contribution in [-0.2, 0) is 28.6 Å². The Hall–Kier alpha value is -2.89. The maximum Gasteiger partial charge on any atom is 0.306 e. The number of hydrogen-bond donors (Lipinski definition) is 0. The molecule has 0 aliphatic rings. The second-order valence-electron chi connectivity index (χ2n) is 24.1. The van der Waals surface area contributed by atoms with Crippen molar-refractivity contribution in [1.29, 1.82) is 0 Å². The van der Waals surface area contributed by atoms with Crippen LogP contribution in [0.1, 0.15) is 380 Å². The lowest BCUT2D eigenvalue weighted by Gasteiger charge is -2.18. The second-order valence-corrected chi connectivity index (χ2v) is 24.1. The third kappa shape index (κ3) is 67.8. The molecule has 6 nitrogen and oxygen atoms in total. The Kier molecular flexibility index (Phi) is 67.1. The van der Waals surface area contributed by atoms with E-state index in [0.717, 1.165) is 89.9 Å². The quantitative estimate of drug-likeness (QED) is 0.0261. The first kappa shape index (κ1) is 78.1. The maximum atomic E-state index is 13.0. The third-order valence-electron chi connectivity index (χ3n) is 16.0. The molecule has 0 radical (unpaired) electrons. The van der Waals surface area contributed by atoms with Crippen molar-refractivity contribution in [2.75, 3.05) is 13.2 Å². The topological polar surface area (TPSA) is 78.9 Å². The molecule has 1 atom stereocenters. The second kappa shape index (κ2) is 69.6. The van der Waals surface area contributed by atoms with Crippen molar-refractivity contribution >= 4 is 17.9 Å². The highest BCUT2D eigenvalue weighted by molar-refractivity contribution is 5.71. The van der Waals surface area contributed by atoms with Gasteiger partial charge in [0, 0.05) is 19.3 Å². The molecule has 0 heterocycles. The molecular formula is C75H136O6. The number of ether oxygens (including phenoxy) is 3.